The Morgan fingerprint density at radius 1 is 1.22 bits per heavy atom. The number of aryl methyl sites for hydroxylation is 1. The van der Waals surface area contributed by atoms with Crippen LogP contribution in [0.4, 0.5) is 11.4 Å². The Hall–Kier alpha value is -2.84. The Morgan fingerprint density at radius 2 is 2.00 bits per heavy atom. The van der Waals surface area contributed by atoms with E-state index in [0.29, 0.717) is 23.9 Å². The van der Waals surface area contributed by atoms with E-state index >= 15 is 0 Å². The molecule has 8 heteroatoms. The number of anilines is 2. The summed E-state index contributed by atoms with van der Waals surface area (Å²) in [5, 5.41) is 20.9. The summed E-state index contributed by atoms with van der Waals surface area (Å²) in [7, 11) is 0. The Labute approximate surface area is 196 Å². The zero-order valence-electron chi connectivity index (χ0n) is 18.3. The lowest BCUT2D eigenvalue weighted by Crippen LogP contribution is -2.28. The van der Waals surface area contributed by atoms with Gasteiger partial charge in [-0.25, -0.2) is 4.68 Å². The molecule has 0 fully saturated rings. The summed E-state index contributed by atoms with van der Waals surface area (Å²) in [4.78, 5) is 14.4. The molecule has 1 aliphatic heterocycles. The number of hydrogen-bond donors (Lipinski definition) is 3. The molecule has 1 aliphatic rings. The van der Waals surface area contributed by atoms with E-state index in [0.717, 1.165) is 28.3 Å². The summed E-state index contributed by atoms with van der Waals surface area (Å²) in [6.07, 6.45) is 2.80. The quantitative estimate of drug-likeness (QED) is 0.376. The molecular formula is C24H26N4O2S2. The third-order valence-corrected chi connectivity index (χ3v) is 6.52. The van der Waals surface area contributed by atoms with Crippen LogP contribution in [-0.4, -0.2) is 21.1 Å². The Bertz CT molecular complexity index is 1210. The van der Waals surface area contributed by atoms with Crippen LogP contribution in [0.25, 0.3) is 17.0 Å². The topological polar surface area (TPSA) is 79.2 Å². The van der Waals surface area contributed by atoms with E-state index in [2.05, 4.69) is 35.1 Å². The van der Waals surface area contributed by atoms with Gasteiger partial charge in [-0.05, 0) is 30.5 Å². The smallest absolute Gasteiger partial charge is 0.279 e. The number of thioether (sulfide) groups is 1. The molecule has 32 heavy (non-hydrogen) atoms. The van der Waals surface area contributed by atoms with Gasteiger partial charge >= 0.3 is 0 Å². The molecule has 6 nitrogen and oxygen atoms in total. The summed E-state index contributed by atoms with van der Waals surface area (Å²) in [6, 6.07) is 15.5. The summed E-state index contributed by atoms with van der Waals surface area (Å²) in [5.74, 6) is 0.324. The van der Waals surface area contributed by atoms with Gasteiger partial charge in [0.1, 0.15) is 11.3 Å². The molecule has 3 N–H and O–H groups in total. The van der Waals surface area contributed by atoms with Crippen molar-refractivity contribution in [3.63, 3.8) is 0 Å². The molecule has 166 valence electrons. The van der Waals surface area contributed by atoms with Gasteiger partial charge in [-0.3, -0.25) is 4.79 Å². The molecular weight excluding hydrogens is 440 g/mol. The maximum atomic E-state index is 13.4. The summed E-state index contributed by atoms with van der Waals surface area (Å²) in [5.41, 5.74) is 3.59. The molecule has 0 radical (unpaired) electrons. The van der Waals surface area contributed by atoms with E-state index in [-0.39, 0.29) is 16.9 Å². The van der Waals surface area contributed by atoms with Gasteiger partial charge in [0.25, 0.3) is 5.56 Å². The van der Waals surface area contributed by atoms with Crippen molar-refractivity contribution in [2.24, 2.45) is 5.92 Å². The molecule has 0 atom stereocenters. The van der Waals surface area contributed by atoms with E-state index < -0.39 is 0 Å². The van der Waals surface area contributed by atoms with E-state index in [4.69, 9.17) is 0 Å². The highest BCUT2D eigenvalue weighted by molar-refractivity contribution is 8.02. The van der Waals surface area contributed by atoms with Crippen LogP contribution in [-0.2, 0) is 6.54 Å². The second-order valence-electron chi connectivity index (χ2n) is 7.94. The Kier molecular flexibility index (Phi) is 6.81. The van der Waals surface area contributed by atoms with Gasteiger partial charge in [0.05, 0.1) is 11.4 Å². The molecule has 3 aromatic rings. The van der Waals surface area contributed by atoms with Crippen molar-refractivity contribution in [2.75, 3.05) is 16.3 Å². The largest absolute Gasteiger partial charge is 0.505 e. The van der Waals surface area contributed by atoms with Gasteiger partial charge in [0, 0.05) is 34.4 Å². The zero-order valence-corrected chi connectivity index (χ0v) is 19.9. The number of aromatic hydroxyl groups is 1. The fourth-order valence-electron chi connectivity index (χ4n) is 3.45. The summed E-state index contributed by atoms with van der Waals surface area (Å²) >= 11 is 3.06. The maximum Gasteiger partial charge on any atom is 0.279 e. The van der Waals surface area contributed by atoms with E-state index in [1.54, 1.807) is 0 Å². The van der Waals surface area contributed by atoms with Crippen molar-refractivity contribution < 1.29 is 5.11 Å². The molecule has 0 saturated carbocycles. The van der Waals surface area contributed by atoms with Crippen LogP contribution in [0.1, 0.15) is 25.8 Å². The van der Waals surface area contributed by atoms with Gasteiger partial charge in [0.15, 0.2) is 5.75 Å². The van der Waals surface area contributed by atoms with Crippen molar-refractivity contribution >= 4 is 40.8 Å². The molecule has 0 spiro atoms. The Morgan fingerprint density at radius 3 is 2.72 bits per heavy atom. The lowest BCUT2D eigenvalue weighted by molar-refractivity contribution is 0.443. The highest BCUT2D eigenvalue weighted by atomic mass is 32.2. The summed E-state index contributed by atoms with van der Waals surface area (Å²) < 4.78 is 4.71. The fourth-order valence-corrected chi connectivity index (χ4v) is 4.68. The van der Waals surface area contributed by atoms with Gasteiger partial charge in [-0.15, -0.1) is 0 Å². The molecule has 0 unspecified atom stereocenters. The Balaban J connectivity index is 1.79. The van der Waals surface area contributed by atoms with Gasteiger partial charge in [-0.2, -0.15) is 5.10 Å². The molecule has 0 aliphatic carbocycles. The number of benzene rings is 2. The number of nitrogens with one attached hydrogen (secondary N) is 2. The number of fused-ring (bicyclic) bond motifs is 1. The molecule has 2 heterocycles. The van der Waals surface area contributed by atoms with Crippen molar-refractivity contribution in [3.8, 4) is 17.0 Å². The van der Waals surface area contributed by atoms with Crippen molar-refractivity contribution in [3.05, 3.63) is 69.9 Å². The lowest BCUT2D eigenvalue weighted by atomic mass is 10.1. The minimum absolute atomic E-state index is 0.106. The van der Waals surface area contributed by atoms with Gasteiger partial charge in [-0.1, -0.05) is 67.9 Å². The predicted molar refractivity (Wildman–Crippen MR) is 136 cm³/mol. The first kappa shape index (κ1) is 22.4. The normalized spacial score (nSPS) is 12.8. The van der Waals surface area contributed by atoms with E-state index in [9.17, 15) is 9.90 Å². The first-order chi connectivity index (χ1) is 15.5. The van der Waals surface area contributed by atoms with Crippen LogP contribution < -0.4 is 15.6 Å². The molecule has 0 amide bonds. The summed E-state index contributed by atoms with van der Waals surface area (Å²) in [6.45, 7) is 4.72. The lowest BCUT2D eigenvalue weighted by Gasteiger charge is -2.21. The number of hydrogen-bond acceptors (Lipinski definition) is 7. The molecule has 1 aromatic heterocycles. The highest BCUT2D eigenvalue weighted by Gasteiger charge is 2.24. The second-order valence-corrected chi connectivity index (χ2v) is 9.46. The molecule has 4 rings (SSSR count). The molecule has 2 aromatic carbocycles. The van der Waals surface area contributed by atoms with Crippen LogP contribution in [0, 0.1) is 5.92 Å². The number of rotatable bonds is 7. The van der Waals surface area contributed by atoms with Crippen LogP contribution in [0.15, 0.2) is 63.6 Å². The standard InChI is InChI=1S/C24H26N4O2S2/c1-15(2)11-12-28-24(30)21(23(29)22(26-28)16-7-5-4-6-8-16)19-14-32-20-13-17(27-31-3)9-10-18(20)25-19/h4-10,13-15,25,27,29H,11-12H2,1-3H3. The SMILES string of the molecule is CSNc1ccc2c(c1)SC=C(c1c(O)c(-c3ccccc3)nn(CCC(C)C)c1=O)N2. The van der Waals surface area contributed by atoms with E-state index in [1.165, 1.54) is 28.4 Å². The molecule has 0 saturated heterocycles. The van der Waals surface area contributed by atoms with Crippen LogP contribution in [0.3, 0.4) is 0 Å². The average Bonchev–Trinajstić information content (AvgIpc) is 2.79. The maximum absolute atomic E-state index is 13.4. The minimum atomic E-state index is -0.300. The average molecular weight is 467 g/mol. The van der Waals surface area contributed by atoms with E-state index in [1.807, 2.05) is 54.1 Å². The van der Waals surface area contributed by atoms with Crippen LogP contribution >= 0.6 is 23.7 Å². The van der Waals surface area contributed by atoms with Crippen LogP contribution in [0.5, 0.6) is 5.75 Å². The first-order valence-electron chi connectivity index (χ1n) is 10.4. The van der Waals surface area contributed by atoms with Crippen LogP contribution in [0.2, 0.25) is 0 Å². The van der Waals surface area contributed by atoms with Crippen molar-refractivity contribution in [1.82, 2.24) is 9.78 Å². The minimum Gasteiger partial charge on any atom is -0.505 e. The predicted octanol–water partition coefficient (Wildman–Crippen LogP) is 5.87. The van der Waals surface area contributed by atoms with Gasteiger partial charge < -0.3 is 15.1 Å². The second kappa shape index (κ2) is 9.75. The van der Waals surface area contributed by atoms with Crippen molar-refractivity contribution in [1.29, 1.82) is 0 Å². The van der Waals surface area contributed by atoms with Gasteiger partial charge in [0.2, 0.25) is 0 Å². The monoisotopic (exact) mass is 466 g/mol. The fraction of sp³-hybridized carbons (Fsp3) is 0.250. The molecule has 0 bridgehead atoms. The third kappa shape index (κ3) is 4.66. The first-order valence-corrected chi connectivity index (χ1v) is 12.5. The highest BCUT2D eigenvalue weighted by Crippen LogP contribution is 2.41. The third-order valence-electron chi connectivity index (χ3n) is 5.14. The number of aromatic nitrogens is 2. The number of nitrogens with zero attached hydrogens (tertiary/aromatic N) is 2. The van der Waals surface area contributed by atoms with Crippen molar-refractivity contribution in [2.45, 2.75) is 31.7 Å². The zero-order chi connectivity index (χ0) is 22.7.